The smallest absolute Gasteiger partial charge is 0.269 e. The first-order valence-electron chi connectivity index (χ1n) is 8.61. The molecule has 0 atom stereocenters. The zero-order valence-corrected chi connectivity index (χ0v) is 19.2. The molecule has 3 rings (SSSR count). The molecule has 0 aliphatic carbocycles. The van der Waals surface area contributed by atoms with Gasteiger partial charge < -0.3 is 4.74 Å². The van der Waals surface area contributed by atoms with Gasteiger partial charge >= 0.3 is 0 Å². The molecule has 0 spiro atoms. The first kappa shape index (κ1) is 22.0. The lowest BCUT2D eigenvalue weighted by molar-refractivity contribution is -0.384. The van der Waals surface area contributed by atoms with Crippen LogP contribution >= 0.6 is 43.5 Å². The Kier molecular flexibility index (Phi) is 7.27. The van der Waals surface area contributed by atoms with E-state index in [1.165, 1.54) is 12.1 Å². The quantitative estimate of drug-likeness (QED) is 0.139. The molecule has 0 aromatic heterocycles. The molecule has 0 amide bonds. The number of hydrogen-bond acceptors (Lipinski definition) is 4. The van der Waals surface area contributed by atoms with Crippen LogP contribution in [0.5, 0.6) is 5.75 Å². The molecule has 0 radical (unpaired) electrons. The van der Waals surface area contributed by atoms with Gasteiger partial charge in [-0.15, -0.1) is 0 Å². The van der Waals surface area contributed by atoms with Crippen LogP contribution < -0.4 is 4.74 Å². The molecule has 5 nitrogen and oxygen atoms in total. The molecule has 8 heteroatoms. The van der Waals surface area contributed by atoms with Crippen molar-refractivity contribution in [3.8, 4) is 11.8 Å². The summed E-state index contributed by atoms with van der Waals surface area (Å²) in [4.78, 5) is 10.4. The van der Waals surface area contributed by atoms with Gasteiger partial charge in [-0.25, -0.2) is 0 Å². The zero-order valence-electron chi connectivity index (χ0n) is 15.3. The van der Waals surface area contributed by atoms with Crippen LogP contribution in [0.3, 0.4) is 0 Å². The van der Waals surface area contributed by atoms with Crippen LogP contribution in [0, 0.1) is 21.4 Å². The lowest BCUT2D eigenvalue weighted by Crippen LogP contribution is -1.99. The summed E-state index contributed by atoms with van der Waals surface area (Å²) in [5.74, 6) is 0.549. The molecule has 0 aliphatic rings. The number of hydrogen-bond donors (Lipinski definition) is 0. The summed E-state index contributed by atoms with van der Waals surface area (Å²) in [6, 6.07) is 19.0. The Hall–Kier alpha value is -2.66. The monoisotopic (exact) mass is 546 g/mol. The molecular weight excluding hydrogens is 536 g/mol. The fourth-order valence-electron chi connectivity index (χ4n) is 2.70. The fraction of sp³-hybridized carbons (Fsp3) is 0.0455. The van der Waals surface area contributed by atoms with Crippen molar-refractivity contribution in [1.82, 2.24) is 0 Å². The third-order valence-electron chi connectivity index (χ3n) is 4.18. The van der Waals surface area contributed by atoms with E-state index in [1.807, 2.05) is 30.3 Å². The largest absolute Gasteiger partial charge is 0.487 e. The predicted molar refractivity (Wildman–Crippen MR) is 124 cm³/mol. The van der Waals surface area contributed by atoms with E-state index in [4.69, 9.17) is 16.3 Å². The Morgan fingerprint density at radius 2 is 1.87 bits per heavy atom. The van der Waals surface area contributed by atoms with E-state index in [-0.39, 0.29) is 12.3 Å². The minimum atomic E-state index is -0.481. The molecule has 30 heavy (non-hydrogen) atoms. The first-order valence-corrected chi connectivity index (χ1v) is 10.6. The number of benzene rings is 3. The maximum absolute atomic E-state index is 10.9. The maximum atomic E-state index is 10.9. The predicted octanol–water partition coefficient (Wildman–Crippen LogP) is 7.42. The Balaban J connectivity index is 1.98. The van der Waals surface area contributed by atoms with Gasteiger partial charge in [0.2, 0.25) is 0 Å². The molecule has 0 aliphatic heterocycles. The van der Waals surface area contributed by atoms with Crippen LogP contribution in [-0.2, 0) is 6.61 Å². The molecule has 150 valence electrons. The number of nitro benzene ring substituents is 1. The summed E-state index contributed by atoms with van der Waals surface area (Å²) in [5, 5.41) is 21.1. The summed E-state index contributed by atoms with van der Waals surface area (Å²) < 4.78 is 7.53. The van der Waals surface area contributed by atoms with Gasteiger partial charge in [0, 0.05) is 32.8 Å². The number of non-ortho nitro benzene ring substituents is 1. The topological polar surface area (TPSA) is 76.2 Å². The highest BCUT2D eigenvalue weighted by Crippen LogP contribution is 2.36. The van der Waals surface area contributed by atoms with Gasteiger partial charge in [0.05, 0.1) is 21.0 Å². The van der Waals surface area contributed by atoms with Gasteiger partial charge in [-0.05, 0) is 57.9 Å². The molecular formula is C22H13Br2ClN2O3. The second-order valence-electron chi connectivity index (χ2n) is 6.16. The SMILES string of the molecule is N#C/C(=C\c1cc(Br)cc(Br)c1OCc1ccccc1Cl)c1ccc([N+](=O)[O-])cc1. The van der Waals surface area contributed by atoms with Gasteiger partial charge in [0.25, 0.3) is 5.69 Å². The van der Waals surface area contributed by atoms with E-state index in [1.54, 1.807) is 24.3 Å². The normalized spacial score (nSPS) is 11.1. The molecule has 0 fully saturated rings. The highest BCUT2D eigenvalue weighted by atomic mass is 79.9. The van der Waals surface area contributed by atoms with E-state index in [0.29, 0.717) is 31.9 Å². The van der Waals surface area contributed by atoms with Crippen molar-refractivity contribution in [2.75, 3.05) is 0 Å². The number of ether oxygens (including phenoxy) is 1. The Morgan fingerprint density at radius 1 is 1.17 bits per heavy atom. The average Bonchev–Trinajstić information content (AvgIpc) is 2.72. The number of nitriles is 1. The molecule has 0 N–H and O–H groups in total. The molecule has 0 unspecified atom stereocenters. The van der Waals surface area contributed by atoms with E-state index in [2.05, 4.69) is 37.9 Å². The highest BCUT2D eigenvalue weighted by molar-refractivity contribution is 9.11. The number of nitrogens with zero attached hydrogens (tertiary/aromatic N) is 2. The average molecular weight is 549 g/mol. The van der Waals surface area contributed by atoms with Crippen molar-refractivity contribution in [2.45, 2.75) is 6.61 Å². The fourth-order valence-corrected chi connectivity index (χ4v) is 4.27. The number of nitro groups is 1. The van der Waals surface area contributed by atoms with Crippen molar-refractivity contribution < 1.29 is 9.66 Å². The van der Waals surface area contributed by atoms with Crippen molar-refractivity contribution in [3.05, 3.63) is 101 Å². The standard InChI is InChI=1S/C22H13Br2ClN2O3/c23-18-10-16(9-17(12-26)14-5-7-19(8-6-14)27(28)29)22(20(24)11-18)30-13-15-3-1-2-4-21(15)25/h1-11H,13H2/b17-9+. The van der Waals surface area contributed by atoms with Crippen LogP contribution in [0.4, 0.5) is 5.69 Å². The highest BCUT2D eigenvalue weighted by Gasteiger charge is 2.13. The van der Waals surface area contributed by atoms with E-state index >= 15 is 0 Å². The third kappa shape index (κ3) is 5.28. The lowest BCUT2D eigenvalue weighted by atomic mass is 10.0. The molecule has 0 heterocycles. The second-order valence-corrected chi connectivity index (χ2v) is 8.34. The van der Waals surface area contributed by atoms with Crippen LogP contribution in [0.2, 0.25) is 5.02 Å². The maximum Gasteiger partial charge on any atom is 0.269 e. The summed E-state index contributed by atoms with van der Waals surface area (Å²) in [7, 11) is 0. The summed E-state index contributed by atoms with van der Waals surface area (Å²) in [6.45, 7) is 0.250. The third-order valence-corrected chi connectivity index (χ3v) is 5.59. The minimum Gasteiger partial charge on any atom is -0.487 e. The molecule has 0 saturated carbocycles. The van der Waals surface area contributed by atoms with Gasteiger partial charge in [0.15, 0.2) is 0 Å². The van der Waals surface area contributed by atoms with Gasteiger partial charge in [-0.3, -0.25) is 10.1 Å². The summed E-state index contributed by atoms with van der Waals surface area (Å²) in [5.41, 5.74) is 2.37. The number of allylic oxidation sites excluding steroid dienone is 1. The van der Waals surface area contributed by atoms with Crippen LogP contribution in [0.15, 0.2) is 69.6 Å². The molecule has 3 aromatic carbocycles. The number of rotatable bonds is 6. The van der Waals surface area contributed by atoms with Gasteiger partial charge in [-0.1, -0.05) is 45.7 Å². The zero-order chi connectivity index (χ0) is 21.7. The first-order chi connectivity index (χ1) is 14.4. The summed E-state index contributed by atoms with van der Waals surface area (Å²) in [6.07, 6.45) is 1.68. The lowest BCUT2D eigenvalue weighted by Gasteiger charge is -2.13. The van der Waals surface area contributed by atoms with Crippen molar-refractivity contribution in [3.63, 3.8) is 0 Å². The number of halogens is 3. The van der Waals surface area contributed by atoms with Crippen molar-refractivity contribution in [1.29, 1.82) is 5.26 Å². The van der Waals surface area contributed by atoms with E-state index in [0.717, 1.165) is 10.0 Å². The molecule has 3 aromatic rings. The van der Waals surface area contributed by atoms with Crippen LogP contribution in [0.1, 0.15) is 16.7 Å². The van der Waals surface area contributed by atoms with Crippen molar-refractivity contribution >= 4 is 60.8 Å². The van der Waals surface area contributed by atoms with Crippen LogP contribution in [0.25, 0.3) is 11.6 Å². The van der Waals surface area contributed by atoms with Crippen LogP contribution in [-0.4, -0.2) is 4.92 Å². The Labute approximate surface area is 195 Å². The minimum absolute atomic E-state index is 0.0370. The van der Waals surface area contributed by atoms with E-state index < -0.39 is 4.92 Å². The second kappa shape index (κ2) is 9.90. The Morgan fingerprint density at radius 3 is 2.50 bits per heavy atom. The van der Waals surface area contributed by atoms with Gasteiger partial charge in [-0.2, -0.15) is 5.26 Å². The Bertz CT molecular complexity index is 1170. The van der Waals surface area contributed by atoms with Crippen molar-refractivity contribution in [2.24, 2.45) is 0 Å². The molecule has 0 bridgehead atoms. The van der Waals surface area contributed by atoms with E-state index in [9.17, 15) is 15.4 Å². The molecule has 0 saturated heterocycles. The summed E-state index contributed by atoms with van der Waals surface area (Å²) >= 11 is 13.2. The van der Waals surface area contributed by atoms with Gasteiger partial charge in [0.1, 0.15) is 12.4 Å².